The van der Waals surface area contributed by atoms with Gasteiger partial charge in [-0.25, -0.2) is 0 Å². The topological polar surface area (TPSA) is 86.1 Å². The summed E-state index contributed by atoms with van der Waals surface area (Å²) in [7, 11) is 1.84. The van der Waals surface area contributed by atoms with Gasteiger partial charge in [0.05, 0.1) is 24.3 Å². The summed E-state index contributed by atoms with van der Waals surface area (Å²) in [4.78, 5) is 12.1. The van der Waals surface area contributed by atoms with Gasteiger partial charge in [0, 0.05) is 7.05 Å². The van der Waals surface area contributed by atoms with Crippen LogP contribution in [0.3, 0.4) is 0 Å². The summed E-state index contributed by atoms with van der Waals surface area (Å²) in [5.41, 5.74) is 0. The SMILES string of the molecule is C[C@H](Sc1nnc(-c2ccco2)n1C)C(=O)NCc1ccco1. The summed E-state index contributed by atoms with van der Waals surface area (Å²) >= 11 is 1.34. The number of nitrogens with one attached hydrogen (secondary N) is 1. The molecule has 0 saturated heterocycles. The predicted molar refractivity (Wildman–Crippen MR) is 84.6 cm³/mol. The molecule has 3 aromatic heterocycles. The van der Waals surface area contributed by atoms with Crippen LogP contribution in [0.4, 0.5) is 0 Å². The van der Waals surface area contributed by atoms with Gasteiger partial charge in [-0.1, -0.05) is 11.8 Å². The molecule has 0 aliphatic carbocycles. The van der Waals surface area contributed by atoms with E-state index in [1.54, 1.807) is 29.2 Å². The molecule has 3 rings (SSSR count). The van der Waals surface area contributed by atoms with Crippen molar-refractivity contribution in [2.24, 2.45) is 7.05 Å². The Morgan fingerprint density at radius 1 is 1.30 bits per heavy atom. The molecule has 0 spiro atoms. The van der Waals surface area contributed by atoms with Crippen LogP contribution in [0.1, 0.15) is 12.7 Å². The molecule has 1 amide bonds. The molecule has 3 aromatic rings. The first kappa shape index (κ1) is 15.4. The van der Waals surface area contributed by atoms with Crippen LogP contribution in [0.2, 0.25) is 0 Å². The van der Waals surface area contributed by atoms with Crippen molar-refractivity contribution in [3.8, 4) is 11.6 Å². The van der Waals surface area contributed by atoms with Crippen LogP contribution in [0.25, 0.3) is 11.6 Å². The fraction of sp³-hybridized carbons (Fsp3) is 0.267. The van der Waals surface area contributed by atoms with Gasteiger partial charge in [-0.15, -0.1) is 10.2 Å². The summed E-state index contributed by atoms with van der Waals surface area (Å²) in [6, 6.07) is 7.21. The minimum atomic E-state index is -0.308. The molecule has 1 atom stereocenters. The minimum Gasteiger partial charge on any atom is -0.467 e. The third-order valence-corrected chi connectivity index (χ3v) is 4.38. The molecule has 0 fully saturated rings. The molecule has 23 heavy (non-hydrogen) atoms. The molecule has 3 heterocycles. The lowest BCUT2D eigenvalue weighted by atomic mass is 10.4. The predicted octanol–water partition coefficient (Wildman–Crippen LogP) is 2.47. The largest absolute Gasteiger partial charge is 0.467 e. The van der Waals surface area contributed by atoms with Crippen molar-refractivity contribution in [3.05, 3.63) is 42.6 Å². The monoisotopic (exact) mass is 332 g/mol. The molecular formula is C15H16N4O3S. The fourth-order valence-corrected chi connectivity index (χ4v) is 2.82. The maximum absolute atomic E-state index is 12.1. The van der Waals surface area contributed by atoms with Gasteiger partial charge in [-0.2, -0.15) is 0 Å². The van der Waals surface area contributed by atoms with Gasteiger partial charge in [0.25, 0.3) is 0 Å². The number of amides is 1. The Kier molecular flexibility index (Phi) is 4.52. The Morgan fingerprint density at radius 3 is 2.78 bits per heavy atom. The Morgan fingerprint density at radius 2 is 2.09 bits per heavy atom. The second kappa shape index (κ2) is 6.74. The molecular weight excluding hydrogens is 316 g/mol. The van der Waals surface area contributed by atoms with Crippen LogP contribution in [0.15, 0.2) is 50.8 Å². The van der Waals surface area contributed by atoms with Gasteiger partial charge in [0.2, 0.25) is 5.91 Å². The molecule has 0 bridgehead atoms. The number of carbonyl (C=O) groups is 1. The van der Waals surface area contributed by atoms with Crippen molar-refractivity contribution in [2.45, 2.75) is 23.9 Å². The third kappa shape index (κ3) is 3.48. The standard InChI is InChI=1S/C15H16N4O3S/c1-10(14(20)16-9-11-5-3-7-21-11)23-15-18-17-13(19(15)2)12-6-4-8-22-12/h3-8,10H,9H2,1-2H3,(H,16,20)/t10-/m0/s1. The van der Waals surface area contributed by atoms with E-state index in [-0.39, 0.29) is 11.2 Å². The lowest BCUT2D eigenvalue weighted by molar-refractivity contribution is -0.120. The summed E-state index contributed by atoms with van der Waals surface area (Å²) in [5.74, 6) is 1.89. The highest BCUT2D eigenvalue weighted by Crippen LogP contribution is 2.25. The number of hydrogen-bond donors (Lipinski definition) is 1. The van der Waals surface area contributed by atoms with Crippen molar-refractivity contribution in [1.29, 1.82) is 0 Å². The zero-order valence-electron chi connectivity index (χ0n) is 12.7. The van der Waals surface area contributed by atoms with E-state index in [1.807, 2.05) is 26.1 Å². The van der Waals surface area contributed by atoms with E-state index in [2.05, 4.69) is 15.5 Å². The van der Waals surface area contributed by atoms with Crippen molar-refractivity contribution < 1.29 is 13.6 Å². The number of nitrogens with zero attached hydrogens (tertiary/aromatic N) is 3. The highest BCUT2D eigenvalue weighted by Gasteiger charge is 2.20. The zero-order valence-corrected chi connectivity index (χ0v) is 13.5. The van der Waals surface area contributed by atoms with Crippen LogP contribution in [-0.2, 0) is 18.4 Å². The van der Waals surface area contributed by atoms with E-state index in [9.17, 15) is 4.79 Å². The zero-order chi connectivity index (χ0) is 16.2. The average Bonchev–Trinajstić information content (AvgIpc) is 3.27. The van der Waals surface area contributed by atoms with E-state index in [0.717, 1.165) is 0 Å². The van der Waals surface area contributed by atoms with E-state index in [4.69, 9.17) is 8.83 Å². The first-order valence-corrected chi connectivity index (χ1v) is 7.93. The number of rotatable bonds is 6. The minimum absolute atomic E-state index is 0.0889. The summed E-state index contributed by atoms with van der Waals surface area (Å²) < 4.78 is 12.3. The van der Waals surface area contributed by atoms with E-state index >= 15 is 0 Å². The van der Waals surface area contributed by atoms with Crippen LogP contribution < -0.4 is 5.32 Å². The molecule has 0 aliphatic rings. The molecule has 1 N–H and O–H groups in total. The van der Waals surface area contributed by atoms with Crippen LogP contribution in [0.5, 0.6) is 0 Å². The van der Waals surface area contributed by atoms with Crippen molar-refractivity contribution in [3.63, 3.8) is 0 Å². The quantitative estimate of drug-likeness (QED) is 0.698. The van der Waals surface area contributed by atoms with Gasteiger partial charge in [0.15, 0.2) is 16.7 Å². The molecule has 0 aliphatic heterocycles. The van der Waals surface area contributed by atoms with E-state index < -0.39 is 0 Å². The first-order chi connectivity index (χ1) is 11.1. The highest BCUT2D eigenvalue weighted by molar-refractivity contribution is 8.00. The Balaban J connectivity index is 1.61. The van der Waals surface area contributed by atoms with Crippen molar-refractivity contribution in [1.82, 2.24) is 20.1 Å². The Bertz CT molecular complexity index is 765. The average molecular weight is 332 g/mol. The van der Waals surface area contributed by atoms with Gasteiger partial charge in [-0.05, 0) is 31.2 Å². The Hall–Kier alpha value is -2.48. The number of aromatic nitrogens is 3. The third-order valence-electron chi connectivity index (χ3n) is 3.24. The second-order valence-corrected chi connectivity index (χ2v) is 6.21. The number of carbonyl (C=O) groups excluding carboxylic acids is 1. The molecule has 0 saturated carbocycles. The maximum Gasteiger partial charge on any atom is 0.233 e. The van der Waals surface area contributed by atoms with Gasteiger partial charge in [-0.3, -0.25) is 4.79 Å². The van der Waals surface area contributed by atoms with Crippen LogP contribution >= 0.6 is 11.8 Å². The lowest BCUT2D eigenvalue weighted by Crippen LogP contribution is -2.30. The second-order valence-electron chi connectivity index (χ2n) is 4.90. The summed E-state index contributed by atoms with van der Waals surface area (Å²) in [5, 5.41) is 11.4. The number of thioether (sulfide) groups is 1. The Labute approximate surface area is 137 Å². The van der Waals surface area contributed by atoms with Crippen molar-refractivity contribution in [2.75, 3.05) is 0 Å². The van der Waals surface area contributed by atoms with Crippen LogP contribution in [0, 0.1) is 0 Å². The molecule has 0 unspecified atom stereocenters. The number of furan rings is 2. The van der Waals surface area contributed by atoms with Crippen molar-refractivity contribution >= 4 is 17.7 Å². The first-order valence-electron chi connectivity index (χ1n) is 7.05. The molecule has 0 aromatic carbocycles. The van der Waals surface area contributed by atoms with Gasteiger partial charge in [0.1, 0.15) is 5.76 Å². The van der Waals surface area contributed by atoms with Gasteiger partial charge < -0.3 is 18.7 Å². The molecule has 0 radical (unpaired) electrons. The smallest absolute Gasteiger partial charge is 0.233 e. The van der Waals surface area contributed by atoms with E-state index in [0.29, 0.717) is 29.0 Å². The molecule has 7 nitrogen and oxygen atoms in total. The molecule has 120 valence electrons. The lowest BCUT2D eigenvalue weighted by Gasteiger charge is -2.10. The highest BCUT2D eigenvalue weighted by atomic mass is 32.2. The fourth-order valence-electron chi connectivity index (χ4n) is 1.98. The van der Waals surface area contributed by atoms with Gasteiger partial charge >= 0.3 is 0 Å². The number of hydrogen-bond acceptors (Lipinski definition) is 6. The normalized spacial score (nSPS) is 12.3. The summed E-state index contributed by atoms with van der Waals surface area (Å²) in [6.45, 7) is 2.19. The summed E-state index contributed by atoms with van der Waals surface area (Å²) in [6.07, 6.45) is 3.16. The maximum atomic E-state index is 12.1. The molecule has 8 heteroatoms. The van der Waals surface area contributed by atoms with Crippen LogP contribution in [-0.4, -0.2) is 25.9 Å². The van der Waals surface area contributed by atoms with E-state index in [1.165, 1.54) is 11.8 Å².